The lowest BCUT2D eigenvalue weighted by molar-refractivity contribution is 0.155. The normalized spacial score (nSPS) is 10.5. The van der Waals surface area contributed by atoms with Crippen LogP contribution < -0.4 is 5.01 Å². The summed E-state index contributed by atoms with van der Waals surface area (Å²) in [6.45, 7) is 1.67. The van der Waals surface area contributed by atoms with Crippen LogP contribution in [-0.2, 0) is 4.74 Å². The number of rotatable bonds is 3. The van der Waals surface area contributed by atoms with Crippen molar-refractivity contribution in [2.75, 3.05) is 11.6 Å². The maximum Gasteiger partial charge on any atom is 0.430 e. The number of benzene rings is 1. The Kier molecular flexibility index (Phi) is 5.03. The van der Waals surface area contributed by atoms with Gasteiger partial charge < -0.3 is 4.74 Å². The predicted octanol–water partition coefficient (Wildman–Crippen LogP) is 2.83. The molecular weight excluding hydrogens is 270 g/mol. The third-order valence-electron chi connectivity index (χ3n) is 1.76. The van der Waals surface area contributed by atoms with Crippen LogP contribution in [0.3, 0.4) is 0 Å². The van der Waals surface area contributed by atoms with Gasteiger partial charge in [0.25, 0.3) is 0 Å². The van der Waals surface area contributed by atoms with Crippen molar-refractivity contribution in [3.8, 4) is 0 Å². The third-order valence-corrected chi connectivity index (χ3v) is 2.11. The maximum absolute atomic E-state index is 13.5. The highest BCUT2D eigenvalue weighted by Gasteiger charge is 2.24. The van der Waals surface area contributed by atoms with E-state index in [1.165, 1.54) is 0 Å². The molecule has 0 aliphatic carbocycles. The van der Waals surface area contributed by atoms with E-state index in [0.29, 0.717) is 8.83 Å². The van der Waals surface area contributed by atoms with Crippen molar-refractivity contribution >= 4 is 37.4 Å². The van der Waals surface area contributed by atoms with Crippen molar-refractivity contribution in [1.82, 2.24) is 3.82 Å². The van der Waals surface area contributed by atoms with Crippen molar-refractivity contribution in [3.05, 3.63) is 29.8 Å². The lowest BCUT2D eigenvalue weighted by Gasteiger charge is -2.25. The number of amides is 1. The quantitative estimate of drug-likeness (QED) is 0.660. The van der Waals surface area contributed by atoms with Gasteiger partial charge in [-0.15, -0.1) is 3.82 Å². The summed E-state index contributed by atoms with van der Waals surface area (Å²) in [6, 6.07) is 2.66. The van der Waals surface area contributed by atoms with Crippen LogP contribution in [0.5, 0.6) is 0 Å². The van der Waals surface area contributed by atoms with Crippen LogP contribution in [0.4, 0.5) is 19.3 Å². The summed E-state index contributed by atoms with van der Waals surface area (Å²) in [6.07, 6.45) is -0.915. The molecule has 0 spiro atoms. The number of hydrazine groups is 1. The maximum atomic E-state index is 13.5. The van der Waals surface area contributed by atoms with Gasteiger partial charge in [0.15, 0.2) is 0 Å². The Balaban J connectivity index is 3.13. The van der Waals surface area contributed by atoms with Gasteiger partial charge in [-0.2, -0.15) is 5.01 Å². The molecule has 1 amide bonds. The average Bonchev–Trinajstić information content (AvgIpc) is 2.23. The standard InChI is InChI=1S/C9H10F2N2O2S2/c1-2-15-9(14)12(13(16)17)8-5-6(10)3-4-7(8)11/h3-5,16-17H,2H2,1H3. The zero-order valence-corrected chi connectivity index (χ0v) is 10.6. The van der Waals surface area contributed by atoms with Gasteiger partial charge in [0.1, 0.15) is 17.3 Å². The zero-order chi connectivity index (χ0) is 13.0. The number of nitrogens with zero attached hydrogens (tertiary/aromatic N) is 2. The van der Waals surface area contributed by atoms with Crippen LogP contribution in [0.1, 0.15) is 6.92 Å². The highest BCUT2D eigenvalue weighted by molar-refractivity contribution is 7.93. The molecule has 8 heteroatoms. The molecule has 0 aliphatic heterocycles. The molecule has 0 unspecified atom stereocenters. The predicted molar refractivity (Wildman–Crippen MR) is 65.7 cm³/mol. The van der Waals surface area contributed by atoms with E-state index in [-0.39, 0.29) is 12.3 Å². The van der Waals surface area contributed by atoms with E-state index < -0.39 is 17.7 Å². The van der Waals surface area contributed by atoms with Gasteiger partial charge in [-0.3, -0.25) is 0 Å². The monoisotopic (exact) mass is 280 g/mol. The minimum atomic E-state index is -0.915. The number of ether oxygens (including phenoxy) is 1. The molecule has 1 rings (SSSR count). The summed E-state index contributed by atoms with van der Waals surface area (Å²) >= 11 is 7.50. The molecule has 0 fully saturated rings. The van der Waals surface area contributed by atoms with Gasteiger partial charge in [0.05, 0.1) is 6.61 Å². The van der Waals surface area contributed by atoms with Gasteiger partial charge in [-0.25, -0.2) is 13.6 Å². The molecule has 0 aliphatic rings. The second-order valence-corrected chi connectivity index (χ2v) is 3.95. The van der Waals surface area contributed by atoms with Crippen molar-refractivity contribution in [2.24, 2.45) is 0 Å². The third kappa shape index (κ3) is 3.48. The minimum absolute atomic E-state index is 0.0850. The first kappa shape index (κ1) is 14.1. The molecule has 0 heterocycles. The molecule has 0 saturated heterocycles. The lowest BCUT2D eigenvalue weighted by Crippen LogP contribution is -2.37. The molecule has 0 N–H and O–H groups in total. The number of hydrogen-bond acceptors (Lipinski definition) is 5. The number of carbonyl (C=O) groups is 1. The fourth-order valence-corrected chi connectivity index (χ4v) is 1.44. The summed E-state index contributed by atoms with van der Waals surface area (Å²) < 4.78 is 31.9. The molecule has 0 saturated carbocycles. The molecular formula is C9H10F2N2O2S2. The molecule has 0 radical (unpaired) electrons. The smallest absolute Gasteiger partial charge is 0.430 e. The van der Waals surface area contributed by atoms with Gasteiger partial charge in [0, 0.05) is 6.07 Å². The number of halogens is 2. The van der Waals surface area contributed by atoms with E-state index in [1.54, 1.807) is 6.92 Å². The largest absolute Gasteiger partial charge is 0.448 e. The Morgan fingerprint density at radius 2 is 2.06 bits per heavy atom. The fourth-order valence-electron chi connectivity index (χ4n) is 1.10. The second-order valence-electron chi connectivity index (χ2n) is 2.87. The Morgan fingerprint density at radius 3 is 2.59 bits per heavy atom. The molecule has 0 atom stereocenters. The van der Waals surface area contributed by atoms with E-state index >= 15 is 0 Å². The summed E-state index contributed by atoms with van der Waals surface area (Å²) in [5, 5.41) is 0.647. The van der Waals surface area contributed by atoms with Crippen molar-refractivity contribution < 1.29 is 18.3 Å². The van der Waals surface area contributed by atoms with E-state index in [2.05, 4.69) is 30.4 Å². The van der Waals surface area contributed by atoms with Crippen LogP contribution in [0, 0.1) is 11.6 Å². The molecule has 1 aromatic carbocycles. The molecule has 94 valence electrons. The SMILES string of the molecule is CCOC(=O)N(c1cc(F)ccc1F)N(S)S. The van der Waals surface area contributed by atoms with E-state index in [1.807, 2.05) is 0 Å². The Morgan fingerprint density at radius 1 is 1.41 bits per heavy atom. The van der Waals surface area contributed by atoms with E-state index in [4.69, 9.17) is 0 Å². The second kappa shape index (κ2) is 6.08. The van der Waals surface area contributed by atoms with E-state index in [0.717, 1.165) is 18.2 Å². The molecule has 4 nitrogen and oxygen atoms in total. The van der Waals surface area contributed by atoms with Crippen LogP contribution in [-0.4, -0.2) is 16.5 Å². The Hall–Kier alpha value is -0.990. The van der Waals surface area contributed by atoms with Crippen LogP contribution in [0.25, 0.3) is 0 Å². The van der Waals surface area contributed by atoms with Gasteiger partial charge in [0.2, 0.25) is 0 Å². The summed E-state index contributed by atoms with van der Waals surface area (Å²) in [5.41, 5.74) is -0.339. The topological polar surface area (TPSA) is 32.8 Å². The number of anilines is 1. The summed E-state index contributed by atoms with van der Waals surface area (Å²) in [4.78, 5) is 11.5. The Bertz CT molecular complexity index is 418. The van der Waals surface area contributed by atoms with Crippen LogP contribution in [0.2, 0.25) is 0 Å². The van der Waals surface area contributed by atoms with Crippen molar-refractivity contribution in [1.29, 1.82) is 0 Å². The number of thiol groups is 2. The minimum Gasteiger partial charge on any atom is -0.448 e. The van der Waals surface area contributed by atoms with Gasteiger partial charge in [-0.05, 0) is 19.1 Å². The summed E-state index contributed by atoms with van der Waals surface area (Å²) in [7, 11) is 0. The fraction of sp³-hybridized carbons (Fsp3) is 0.222. The highest BCUT2D eigenvalue weighted by atomic mass is 32.2. The first-order valence-electron chi connectivity index (χ1n) is 4.57. The molecule has 17 heavy (non-hydrogen) atoms. The average molecular weight is 280 g/mol. The number of hydrogen-bond donors (Lipinski definition) is 2. The number of carbonyl (C=O) groups excluding carboxylic acids is 1. The molecule has 1 aromatic rings. The van der Waals surface area contributed by atoms with Crippen LogP contribution >= 0.6 is 25.6 Å². The lowest BCUT2D eigenvalue weighted by atomic mass is 10.3. The Labute approximate surface area is 108 Å². The van der Waals surface area contributed by atoms with Crippen LogP contribution in [0.15, 0.2) is 18.2 Å². The van der Waals surface area contributed by atoms with Crippen molar-refractivity contribution in [2.45, 2.75) is 6.92 Å². The first-order chi connectivity index (χ1) is 7.97. The summed E-state index contributed by atoms with van der Waals surface area (Å²) in [5.74, 6) is -1.49. The van der Waals surface area contributed by atoms with Crippen molar-refractivity contribution in [3.63, 3.8) is 0 Å². The van der Waals surface area contributed by atoms with Gasteiger partial charge in [-0.1, -0.05) is 25.6 Å². The van der Waals surface area contributed by atoms with E-state index in [9.17, 15) is 13.6 Å². The molecule has 0 bridgehead atoms. The van der Waals surface area contributed by atoms with Gasteiger partial charge >= 0.3 is 6.09 Å². The highest BCUT2D eigenvalue weighted by Crippen LogP contribution is 2.24. The molecule has 0 aromatic heterocycles. The first-order valence-corrected chi connectivity index (χ1v) is 5.37. The zero-order valence-electron chi connectivity index (χ0n) is 8.80.